The maximum atomic E-state index is 13.3. The number of amides is 3. The standard InChI is InChI=1S/C12H13F2N3O4/c13-8-2-1-7(9(14)3-8)4-16-12(21)17-5-10(18)15-6-11(19)20/h1-3H,4-6H2,(H,15,18)(H,19,20)(H2,16,17,21). The van der Waals surface area contributed by atoms with Gasteiger partial charge in [-0.2, -0.15) is 0 Å². The minimum Gasteiger partial charge on any atom is -0.480 e. The largest absolute Gasteiger partial charge is 0.480 e. The number of carboxylic acids is 1. The highest BCUT2D eigenvalue weighted by atomic mass is 19.1. The van der Waals surface area contributed by atoms with E-state index in [1.54, 1.807) is 0 Å². The van der Waals surface area contributed by atoms with E-state index >= 15 is 0 Å². The van der Waals surface area contributed by atoms with Crippen LogP contribution < -0.4 is 16.0 Å². The molecule has 9 heteroatoms. The molecule has 7 nitrogen and oxygen atoms in total. The second-order valence-electron chi connectivity index (χ2n) is 3.94. The molecule has 0 aliphatic carbocycles. The monoisotopic (exact) mass is 301 g/mol. The number of carboxylic acid groups (broad SMARTS) is 1. The first kappa shape index (κ1) is 16.3. The number of rotatable bonds is 6. The van der Waals surface area contributed by atoms with Crippen LogP contribution in [0.15, 0.2) is 18.2 Å². The molecule has 3 amide bonds. The Bertz CT molecular complexity index is 551. The lowest BCUT2D eigenvalue weighted by atomic mass is 10.2. The first-order valence-corrected chi connectivity index (χ1v) is 5.82. The van der Waals surface area contributed by atoms with Crippen LogP contribution in [0.1, 0.15) is 5.56 Å². The van der Waals surface area contributed by atoms with E-state index in [1.807, 2.05) is 5.32 Å². The van der Waals surface area contributed by atoms with E-state index in [0.29, 0.717) is 6.07 Å². The molecule has 0 saturated heterocycles. The number of carbonyl (C=O) groups is 3. The third kappa shape index (κ3) is 6.32. The van der Waals surface area contributed by atoms with E-state index in [2.05, 4.69) is 10.6 Å². The Morgan fingerprint density at radius 1 is 1.05 bits per heavy atom. The summed E-state index contributed by atoms with van der Waals surface area (Å²) in [5, 5.41) is 14.8. The Hall–Kier alpha value is -2.71. The van der Waals surface area contributed by atoms with E-state index in [9.17, 15) is 23.2 Å². The van der Waals surface area contributed by atoms with Crippen LogP contribution in [0.5, 0.6) is 0 Å². The summed E-state index contributed by atoms with van der Waals surface area (Å²) in [6, 6.07) is 2.18. The smallest absolute Gasteiger partial charge is 0.322 e. The lowest BCUT2D eigenvalue weighted by Crippen LogP contribution is -2.42. The fraction of sp³-hybridized carbons (Fsp3) is 0.250. The van der Waals surface area contributed by atoms with Crippen molar-refractivity contribution < 1.29 is 28.3 Å². The highest BCUT2D eigenvalue weighted by Crippen LogP contribution is 2.08. The van der Waals surface area contributed by atoms with Crippen molar-refractivity contribution in [3.05, 3.63) is 35.4 Å². The van der Waals surface area contributed by atoms with Crippen LogP contribution in [0.4, 0.5) is 13.6 Å². The second kappa shape index (κ2) is 7.78. The van der Waals surface area contributed by atoms with Crippen LogP contribution in [0.2, 0.25) is 0 Å². The summed E-state index contributed by atoms with van der Waals surface area (Å²) in [4.78, 5) is 32.6. The number of benzene rings is 1. The van der Waals surface area contributed by atoms with Crippen molar-refractivity contribution >= 4 is 17.9 Å². The molecule has 0 fully saturated rings. The number of halogens is 2. The molecule has 1 rings (SSSR count). The van der Waals surface area contributed by atoms with Gasteiger partial charge in [0, 0.05) is 18.2 Å². The molecule has 1 aromatic carbocycles. The minimum absolute atomic E-state index is 0.0851. The summed E-state index contributed by atoms with van der Waals surface area (Å²) in [5.74, 6) is -3.41. The molecule has 0 unspecified atom stereocenters. The van der Waals surface area contributed by atoms with E-state index < -0.39 is 42.6 Å². The van der Waals surface area contributed by atoms with Crippen molar-refractivity contribution in [3.8, 4) is 0 Å². The van der Waals surface area contributed by atoms with E-state index in [0.717, 1.165) is 6.07 Å². The summed E-state index contributed by atoms with van der Waals surface area (Å²) >= 11 is 0. The maximum Gasteiger partial charge on any atom is 0.322 e. The number of hydrogen-bond acceptors (Lipinski definition) is 3. The van der Waals surface area contributed by atoms with Gasteiger partial charge in [0.05, 0.1) is 6.54 Å². The van der Waals surface area contributed by atoms with Gasteiger partial charge in [0.15, 0.2) is 0 Å². The molecule has 0 radical (unpaired) electrons. The molecule has 0 aromatic heterocycles. The van der Waals surface area contributed by atoms with Gasteiger partial charge in [-0.1, -0.05) is 6.07 Å². The van der Waals surface area contributed by atoms with Crippen LogP contribution in [-0.2, 0) is 16.1 Å². The summed E-state index contributed by atoms with van der Waals surface area (Å²) in [5.41, 5.74) is 0.0851. The number of urea groups is 1. The Morgan fingerprint density at radius 2 is 1.76 bits per heavy atom. The zero-order valence-electron chi connectivity index (χ0n) is 10.8. The maximum absolute atomic E-state index is 13.3. The van der Waals surface area contributed by atoms with Crippen LogP contribution >= 0.6 is 0 Å². The van der Waals surface area contributed by atoms with Crippen LogP contribution in [0, 0.1) is 11.6 Å². The zero-order valence-corrected chi connectivity index (χ0v) is 10.8. The van der Waals surface area contributed by atoms with Gasteiger partial charge in [-0.05, 0) is 6.07 Å². The molecule has 0 saturated carbocycles. The summed E-state index contributed by atoms with van der Waals surface area (Å²) in [6.45, 7) is -1.16. The Balaban J connectivity index is 2.31. The molecular formula is C12H13F2N3O4. The molecule has 0 spiro atoms. The number of nitrogens with one attached hydrogen (secondary N) is 3. The molecule has 114 valence electrons. The molecule has 0 heterocycles. The van der Waals surface area contributed by atoms with Gasteiger partial charge in [-0.15, -0.1) is 0 Å². The average molecular weight is 301 g/mol. The zero-order chi connectivity index (χ0) is 15.8. The van der Waals surface area contributed by atoms with Crippen molar-refractivity contribution in [2.45, 2.75) is 6.54 Å². The average Bonchev–Trinajstić information content (AvgIpc) is 2.41. The van der Waals surface area contributed by atoms with Crippen LogP contribution in [0.25, 0.3) is 0 Å². The minimum atomic E-state index is -1.21. The molecule has 0 aliphatic heterocycles. The van der Waals surface area contributed by atoms with Crippen molar-refractivity contribution in [3.63, 3.8) is 0 Å². The number of carbonyl (C=O) groups excluding carboxylic acids is 2. The first-order valence-electron chi connectivity index (χ1n) is 5.82. The lowest BCUT2D eigenvalue weighted by molar-refractivity contribution is -0.137. The van der Waals surface area contributed by atoms with Gasteiger partial charge in [-0.3, -0.25) is 9.59 Å². The Kier molecular flexibility index (Phi) is 6.05. The first-order chi connectivity index (χ1) is 9.88. The third-order valence-electron chi connectivity index (χ3n) is 2.30. The Labute approximate surface area is 118 Å². The van der Waals surface area contributed by atoms with Crippen LogP contribution in [0.3, 0.4) is 0 Å². The SMILES string of the molecule is O=C(O)CNC(=O)CNC(=O)NCc1ccc(F)cc1F. The van der Waals surface area contributed by atoms with Crippen molar-refractivity contribution in [1.29, 1.82) is 0 Å². The summed E-state index contributed by atoms with van der Waals surface area (Å²) in [7, 11) is 0. The van der Waals surface area contributed by atoms with Gasteiger partial charge >= 0.3 is 12.0 Å². The molecular weight excluding hydrogens is 288 g/mol. The highest BCUT2D eigenvalue weighted by molar-refractivity contribution is 5.86. The molecule has 4 N–H and O–H groups in total. The molecule has 0 bridgehead atoms. The van der Waals surface area contributed by atoms with Crippen molar-refractivity contribution in [1.82, 2.24) is 16.0 Å². The predicted octanol–water partition coefficient (Wildman–Crippen LogP) is -0.0352. The summed E-state index contributed by atoms with van der Waals surface area (Å²) < 4.78 is 25.9. The predicted molar refractivity (Wildman–Crippen MR) is 67.2 cm³/mol. The third-order valence-corrected chi connectivity index (χ3v) is 2.30. The summed E-state index contributed by atoms with van der Waals surface area (Å²) in [6.07, 6.45) is 0. The van der Waals surface area contributed by atoms with Crippen LogP contribution in [-0.4, -0.2) is 36.1 Å². The van der Waals surface area contributed by atoms with Crippen molar-refractivity contribution in [2.75, 3.05) is 13.1 Å². The van der Waals surface area contributed by atoms with Gasteiger partial charge in [0.2, 0.25) is 5.91 Å². The molecule has 1 aromatic rings. The lowest BCUT2D eigenvalue weighted by Gasteiger charge is -2.08. The fourth-order valence-electron chi connectivity index (χ4n) is 1.30. The van der Waals surface area contributed by atoms with Crippen molar-refractivity contribution in [2.24, 2.45) is 0 Å². The number of hydrogen-bond donors (Lipinski definition) is 4. The van der Waals surface area contributed by atoms with Gasteiger partial charge in [0.25, 0.3) is 0 Å². The second-order valence-corrected chi connectivity index (χ2v) is 3.94. The molecule has 0 atom stereocenters. The topological polar surface area (TPSA) is 108 Å². The van der Waals surface area contributed by atoms with Gasteiger partial charge in [-0.25, -0.2) is 13.6 Å². The quantitative estimate of drug-likeness (QED) is 0.591. The van der Waals surface area contributed by atoms with Gasteiger partial charge in [0.1, 0.15) is 18.2 Å². The van der Waals surface area contributed by atoms with E-state index in [1.165, 1.54) is 6.07 Å². The molecule has 0 aliphatic rings. The van der Waals surface area contributed by atoms with Gasteiger partial charge < -0.3 is 21.1 Å². The normalized spacial score (nSPS) is 9.81. The fourth-order valence-corrected chi connectivity index (χ4v) is 1.30. The molecule has 21 heavy (non-hydrogen) atoms. The highest BCUT2D eigenvalue weighted by Gasteiger charge is 2.08. The number of aliphatic carboxylic acids is 1. The Morgan fingerprint density at radius 3 is 2.38 bits per heavy atom. The van der Waals surface area contributed by atoms with E-state index in [4.69, 9.17) is 5.11 Å². The van der Waals surface area contributed by atoms with E-state index in [-0.39, 0.29) is 12.1 Å².